The molecule has 1 aromatic carbocycles. The summed E-state index contributed by atoms with van der Waals surface area (Å²) in [6, 6.07) is 2.25. The van der Waals surface area contributed by atoms with Crippen LogP contribution in [-0.2, 0) is 9.53 Å². The van der Waals surface area contributed by atoms with Crippen molar-refractivity contribution >= 4 is 11.6 Å². The Morgan fingerprint density at radius 1 is 1.15 bits per heavy atom. The predicted octanol–water partition coefficient (Wildman–Crippen LogP) is 2.77. The topological polar surface area (TPSA) is 29.5 Å². The Morgan fingerprint density at radius 3 is 2.30 bits per heavy atom. The van der Waals surface area contributed by atoms with Crippen LogP contribution < -0.4 is 4.90 Å². The molecule has 1 amide bonds. The molecule has 0 radical (unpaired) electrons. The van der Waals surface area contributed by atoms with Crippen LogP contribution in [0.2, 0.25) is 0 Å². The van der Waals surface area contributed by atoms with Crippen LogP contribution in [0, 0.1) is 11.6 Å². The molecule has 1 aromatic rings. The maximum Gasteiger partial charge on any atom is 0.411 e. The van der Waals surface area contributed by atoms with Crippen LogP contribution in [0.15, 0.2) is 30.4 Å². The molecule has 2 rings (SSSR count). The van der Waals surface area contributed by atoms with E-state index >= 15 is 0 Å². The third-order valence-corrected chi connectivity index (χ3v) is 2.44. The quantitative estimate of drug-likeness (QED) is 0.802. The molecule has 0 aliphatic carbocycles. The molecule has 1 heterocycles. The van der Waals surface area contributed by atoms with Crippen molar-refractivity contribution in [3.05, 3.63) is 42.0 Å². The van der Waals surface area contributed by atoms with Crippen LogP contribution in [0.1, 0.15) is 0 Å². The second-order valence-corrected chi connectivity index (χ2v) is 4.01. The van der Waals surface area contributed by atoms with Gasteiger partial charge in [-0.1, -0.05) is 0 Å². The number of hydrogen-bond donors (Lipinski definition) is 0. The Morgan fingerprint density at radius 2 is 1.75 bits per heavy atom. The van der Waals surface area contributed by atoms with E-state index in [-0.39, 0.29) is 5.69 Å². The molecule has 0 N–H and O–H groups in total. The summed E-state index contributed by atoms with van der Waals surface area (Å²) in [5.74, 6) is -2.62. The summed E-state index contributed by atoms with van der Waals surface area (Å²) in [4.78, 5) is 12.3. The van der Waals surface area contributed by atoms with Crippen molar-refractivity contribution < 1.29 is 31.5 Å². The Kier molecular flexibility index (Phi) is 3.76. The van der Waals surface area contributed by atoms with E-state index in [0.717, 1.165) is 29.2 Å². The van der Waals surface area contributed by atoms with E-state index in [1.807, 2.05) is 0 Å². The second kappa shape index (κ2) is 5.20. The third kappa shape index (κ3) is 3.32. The lowest BCUT2D eigenvalue weighted by molar-refractivity contribution is -0.180. The lowest BCUT2D eigenvalue weighted by Crippen LogP contribution is -2.38. The molecule has 108 valence electrons. The minimum atomic E-state index is -4.57. The Bertz CT molecular complexity index is 535. The minimum absolute atomic E-state index is 0.218. The molecule has 1 aliphatic heterocycles. The molecule has 0 bridgehead atoms. The van der Waals surface area contributed by atoms with Gasteiger partial charge in [0.05, 0.1) is 5.69 Å². The maximum atomic E-state index is 13.1. The SMILES string of the molecule is O=C1C=CC(OCC(F)(F)F)N1c1cc(F)cc(F)c1. The molecule has 0 aromatic heterocycles. The average molecular weight is 293 g/mol. The number of hydrogen-bond acceptors (Lipinski definition) is 2. The molecule has 0 saturated carbocycles. The average Bonchev–Trinajstić information content (AvgIpc) is 2.65. The first-order valence-electron chi connectivity index (χ1n) is 5.42. The van der Waals surface area contributed by atoms with Crippen molar-refractivity contribution in [3.8, 4) is 0 Å². The van der Waals surface area contributed by atoms with Crippen molar-refractivity contribution in [2.24, 2.45) is 0 Å². The largest absolute Gasteiger partial charge is 0.411 e. The lowest BCUT2D eigenvalue weighted by atomic mass is 10.2. The maximum absolute atomic E-state index is 13.1. The van der Waals surface area contributed by atoms with Gasteiger partial charge in [-0.15, -0.1) is 0 Å². The molecule has 1 aliphatic rings. The molecular weight excluding hydrogens is 285 g/mol. The lowest BCUT2D eigenvalue weighted by Gasteiger charge is -2.25. The highest BCUT2D eigenvalue weighted by Gasteiger charge is 2.34. The highest BCUT2D eigenvalue weighted by Crippen LogP contribution is 2.26. The number of anilines is 1. The summed E-state index contributed by atoms with van der Waals surface area (Å²) in [6.07, 6.45) is -3.87. The van der Waals surface area contributed by atoms with Gasteiger partial charge in [-0.2, -0.15) is 13.2 Å². The summed E-state index contributed by atoms with van der Waals surface area (Å²) in [7, 11) is 0. The van der Waals surface area contributed by atoms with E-state index in [4.69, 9.17) is 0 Å². The zero-order valence-corrected chi connectivity index (χ0v) is 9.82. The van der Waals surface area contributed by atoms with Crippen LogP contribution in [-0.4, -0.2) is 24.9 Å². The summed E-state index contributed by atoms with van der Waals surface area (Å²) in [6.45, 7) is -1.58. The fourth-order valence-corrected chi connectivity index (χ4v) is 1.72. The minimum Gasteiger partial charge on any atom is -0.345 e. The van der Waals surface area contributed by atoms with Gasteiger partial charge in [0.1, 0.15) is 18.2 Å². The van der Waals surface area contributed by atoms with Gasteiger partial charge in [0, 0.05) is 12.1 Å². The van der Waals surface area contributed by atoms with Gasteiger partial charge in [0.2, 0.25) is 0 Å². The fraction of sp³-hybridized carbons (Fsp3) is 0.250. The first kappa shape index (κ1) is 14.4. The summed E-state index contributed by atoms with van der Waals surface area (Å²) in [5.41, 5.74) is -0.218. The number of amides is 1. The molecule has 1 unspecified atom stereocenters. The van der Waals surface area contributed by atoms with E-state index in [2.05, 4.69) is 4.74 Å². The molecule has 20 heavy (non-hydrogen) atoms. The van der Waals surface area contributed by atoms with E-state index < -0.39 is 36.6 Å². The van der Waals surface area contributed by atoms with E-state index in [9.17, 15) is 26.7 Å². The number of carbonyl (C=O) groups excluding carboxylic acids is 1. The third-order valence-electron chi connectivity index (χ3n) is 2.44. The molecule has 3 nitrogen and oxygen atoms in total. The van der Waals surface area contributed by atoms with Gasteiger partial charge < -0.3 is 4.74 Å². The van der Waals surface area contributed by atoms with Crippen molar-refractivity contribution in [1.82, 2.24) is 0 Å². The van der Waals surface area contributed by atoms with E-state index in [1.54, 1.807) is 0 Å². The molecule has 0 saturated heterocycles. The van der Waals surface area contributed by atoms with Gasteiger partial charge >= 0.3 is 6.18 Å². The molecule has 0 spiro atoms. The van der Waals surface area contributed by atoms with Crippen LogP contribution >= 0.6 is 0 Å². The first-order chi connectivity index (χ1) is 9.26. The Labute approximate surface area is 110 Å². The van der Waals surface area contributed by atoms with Crippen molar-refractivity contribution in [1.29, 1.82) is 0 Å². The monoisotopic (exact) mass is 293 g/mol. The number of ether oxygens (including phenoxy) is 1. The zero-order chi connectivity index (χ0) is 14.9. The smallest absolute Gasteiger partial charge is 0.345 e. The van der Waals surface area contributed by atoms with Gasteiger partial charge in [0.25, 0.3) is 5.91 Å². The number of benzene rings is 1. The standard InChI is InChI=1S/C12H8F5NO2/c13-7-3-8(14)5-9(4-7)18-10(19)1-2-11(18)20-6-12(15,16)17/h1-5,11H,6H2. The zero-order valence-electron chi connectivity index (χ0n) is 9.82. The number of alkyl halides is 3. The normalized spacial score (nSPS) is 18.9. The van der Waals surface area contributed by atoms with Crippen LogP contribution in [0.25, 0.3) is 0 Å². The van der Waals surface area contributed by atoms with Crippen molar-refractivity contribution in [3.63, 3.8) is 0 Å². The number of halogens is 5. The second-order valence-electron chi connectivity index (χ2n) is 4.01. The van der Waals surface area contributed by atoms with Crippen molar-refractivity contribution in [2.45, 2.75) is 12.4 Å². The highest BCUT2D eigenvalue weighted by atomic mass is 19.4. The fourth-order valence-electron chi connectivity index (χ4n) is 1.72. The molecule has 8 heteroatoms. The van der Waals surface area contributed by atoms with E-state index in [0.29, 0.717) is 6.07 Å². The van der Waals surface area contributed by atoms with Gasteiger partial charge in [-0.3, -0.25) is 9.69 Å². The number of rotatable bonds is 3. The first-order valence-corrected chi connectivity index (χ1v) is 5.42. The van der Waals surface area contributed by atoms with Gasteiger partial charge in [-0.05, 0) is 18.2 Å². The molecular formula is C12H8F5NO2. The predicted molar refractivity (Wildman–Crippen MR) is 58.8 cm³/mol. The van der Waals surface area contributed by atoms with Crippen LogP contribution in [0.3, 0.4) is 0 Å². The number of nitrogens with zero attached hydrogens (tertiary/aromatic N) is 1. The van der Waals surface area contributed by atoms with Crippen LogP contribution in [0.5, 0.6) is 0 Å². The van der Waals surface area contributed by atoms with E-state index in [1.165, 1.54) is 0 Å². The molecule has 0 fully saturated rings. The Hall–Kier alpha value is -1.96. The Balaban J connectivity index is 2.21. The number of carbonyl (C=O) groups is 1. The van der Waals surface area contributed by atoms with Gasteiger partial charge in [0.15, 0.2) is 6.23 Å². The van der Waals surface area contributed by atoms with Gasteiger partial charge in [-0.25, -0.2) is 8.78 Å². The van der Waals surface area contributed by atoms with Crippen LogP contribution in [0.4, 0.5) is 27.6 Å². The summed E-state index contributed by atoms with van der Waals surface area (Å²) >= 11 is 0. The molecule has 1 atom stereocenters. The van der Waals surface area contributed by atoms with Crippen molar-refractivity contribution in [2.75, 3.05) is 11.5 Å². The summed E-state index contributed by atoms with van der Waals surface area (Å²) < 4.78 is 67.0. The highest BCUT2D eigenvalue weighted by molar-refractivity contribution is 6.04. The summed E-state index contributed by atoms with van der Waals surface area (Å²) in [5, 5.41) is 0.